The molecule has 0 spiro atoms. The Bertz CT molecular complexity index is 387. The maximum absolute atomic E-state index is 5.56. The van der Waals surface area contributed by atoms with Crippen molar-refractivity contribution in [2.24, 2.45) is 5.84 Å². The molecule has 0 amide bonds. The number of ether oxygens (including phenoxy) is 1. The molecular weight excluding hydrogens is 268 g/mol. The van der Waals surface area contributed by atoms with E-state index in [-0.39, 0.29) is 6.04 Å². The molecule has 88 valence electrons. The molecule has 1 rings (SSSR count). The van der Waals surface area contributed by atoms with Gasteiger partial charge in [-0.2, -0.15) is 0 Å². The summed E-state index contributed by atoms with van der Waals surface area (Å²) in [6, 6.07) is 5.81. The van der Waals surface area contributed by atoms with Gasteiger partial charge in [0.1, 0.15) is 5.75 Å². The number of halogens is 1. The number of hydrazine groups is 1. The van der Waals surface area contributed by atoms with Gasteiger partial charge in [-0.25, -0.2) is 5.43 Å². The van der Waals surface area contributed by atoms with Crippen LogP contribution in [0, 0.1) is 0 Å². The number of nitrogens with two attached hydrogens (primary N) is 1. The first kappa shape index (κ1) is 13.2. The first-order valence-electron chi connectivity index (χ1n) is 5.03. The summed E-state index contributed by atoms with van der Waals surface area (Å²) >= 11 is 3.51. The fourth-order valence-electron chi connectivity index (χ4n) is 1.45. The van der Waals surface area contributed by atoms with Crippen molar-refractivity contribution in [2.45, 2.75) is 19.9 Å². The smallest absolute Gasteiger partial charge is 0.119 e. The fraction of sp³-hybridized carbons (Fsp3) is 0.333. The Hall–Kier alpha value is -0.840. The molecule has 4 heteroatoms. The van der Waals surface area contributed by atoms with Gasteiger partial charge in [0.15, 0.2) is 0 Å². The molecule has 0 bridgehead atoms. The van der Waals surface area contributed by atoms with E-state index in [0.29, 0.717) is 0 Å². The third-order valence-corrected chi connectivity index (χ3v) is 2.94. The highest BCUT2D eigenvalue weighted by Crippen LogP contribution is 2.28. The summed E-state index contributed by atoms with van der Waals surface area (Å²) in [5, 5.41) is 0. The predicted molar refractivity (Wildman–Crippen MR) is 70.2 cm³/mol. The molecule has 0 aliphatic carbocycles. The first-order chi connectivity index (χ1) is 7.58. The average molecular weight is 285 g/mol. The van der Waals surface area contributed by atoms with Gasteiger partial charge in [0.25, 0.3) is 0 Å². The van der Waals surface area contributed by atoms with Crippen LogP contribution in [0.2, 0.25) is 0 Å². The summed E-state index contributed by atoms with van der Waals surface area (Å²) in [6.45, 7) is 4.08. The molecule has 0 radical (unpaired) electrons. The second kappa shape index (κ2) is 6.03. The van der Waals surface area contributed by atoms with Crippen LogP contribution in [-0.2, 0) is 0 Å². The Morgan fingerprint density at radius 2 is 2.19 bits per heavy atom. The highest BCUT2D eigenvalue weighted by atomic mass is 79.9. The van der Waals surface area contributed by atoms with Crippen LogP contribution in [0.15, 0.2) is 34.3 Å². The molecule has 1 aromatic rings. The Labute approximate surface area is 105 Å². The number of allylic oxidation sites excluding steroid dienone is 1. The van der Waals surface area contributed by atoms with Gasteiger partial charge in [0.2, 0.25) is 0 Å². The molecule has 3 nitrogen and oxygen atoms in total. The van der Waals surface area contributed by atoms with Crippen molar-refractivity contribution in [3.05, 3.63) is 39.9 Å². The minimum Gasteiger partial charge on any atom is -0.497 e. The van der Waals surface area contributed by atoms with E-state index in [2.05, 4.69) is 27.4 Å². The lowest BCUT2D eigenvalue weighted by molar-refractivity contribution is 0.413. The van der Waals surface area contributed by atoms with E-state index in [1.165, 1.54) is 5.57 Å². The van der Waals surface area contributed by atoms with Gasteiger partial charge in [-0.3, -0.25) is 5.84 Å². The Morgan fingerprint density at radius 3 is 2.69 bits per heavy atom. The van der Waals surface area contributed by atoms with Crippen LogP contribution in [-0.4, -0.2) is 7.11 Å². The number of benzene rings is 1. The van der Waals surface area contributed by atoms with Crippen LogP contribution in [0.5, 0.6) is 5.75 Å². The van der Waals surface area contributed by atoms with Crippen LogP contribution in [0.4, 0.5) is 0 Å². The van der Waals surface area contributed by atoms with E-state index < -0.39 is 0 Å². The number of rotatable bonds is 4. The van der Waals surface area contributed by atoms with Gasteiger partial charge in [-0.05, 0) is 37.6 Å². The summed E-state index contributed by atoms with van der Waals surface area (Å²) in [6.07, 6.45) is 2.07. The largest absolute Gasteiger partial charge is 0.497 e. The average Bonchev–Trinajstić information content (AvgIpc) is 2.26. The molecule has 1 aromatic carbocycles. The van der Waals surface area contributed by atoms with Crippen molar-refractivity contribution >= 4 is 15.9 Å². The topological polar surface area (TPSA) is 47.3 Å². The van der Waals surface area contributed by atoms with Crippen LogP contribution in [0.25, 0.3) is 0 Å². The molecule has 0 aliphatic rings. The molecule has 0 saturated carbocycles. The third-order valence-electron chi connectivity index (χ3n) is 2.22. The monoisotopic (exact) mass is 284 g/mol. The fourth-order valence-corrected chi connectivity index (χ4v) is 1.94. The minimum atomic E-state index is -0.0190. The molecule has 0 fully saturated rings. The zero-order valence-corrected chi connectivity index (χ0v) is 11.3. The van der Waals surface area contributed by atoms with E-state index in [0.717, 1.165) is 15.8 Å². The van der Waals surface area contributed by atoms with Crippen LogP contribution in [0.3, 0.4) is 0 Å². The van der Waals surface area contributed by atoms with Crippen molar-refractivity contribution in [1.82, 2.24) is 5.43 Å². The molecule has 0 aliphatic heterocycles. The van der Waals surface area contributed by atoms with Crippen LogP contribution in [0.1, 0.15) is 25.5 Å². The standard InChI is InChI=1S/C12H17BrN2O/c1-8(2)6-12(15-14)10-7-9(16-3)4-5-11(10)13/h4-7,12,15H,14H2,1-3H3. The molecule has 3 N–H and O–H groups in total. The lowest BCUT2D eigenvalue weighted by Crippen LogP contribution is -2.27. The van der Waals surface area contributed by atoms with Crippen molar-refractivity contribution in [3.63, 3.8) is 0 Å². The third kappa shape index (κ3) is 3.33. The summed E-state index contributed by atoms with van der Waals surface area (Å²) in [5.41, 5.74) is 5.04. The summed E-state index contributed by atoms with van der Waals surface area (Å²) in [7, 11) is 1.65. The highest BCUT2D eigenvalue weighted by Gasteiger charge is 2.11. The van der Waals surface area contributed by atoms with Crippen molar-refractivity contribution in [3.8, 4) is 5.75 Å². The second-order valence-electron chi connectivity index (χ2n) is 3.78. The molecule has 0 heterocycles. The lowest BCUT2D eigenvalue weighted by Gasteiger charge is -2.15. The maximum Gasteiger partial charge on any atom is 0.119 e. The summed E-state index contributed by atoms with van der Waals surface area (Å²) < 4.78 is 6.21. The quantitative estimate of drug-likeness (QED) is 0.508. The summed E-state index contributed by atoms with van der Waals surface area (Å²) in [5.74, 6) is 6.38. The van der Waals surface area contributed by atoms with Gasteiger partial charge < -0.3 is 4.74 Å². The number of nitrogens with one attached hydrogen (secondary N) is 1. The van der Waals surface area contributed by atoms with Crippen molar-refractivity contribution < 1.29 is 4.74 Å². The predicted octanol–water partition coefficient (Wildman–Crippen LogP) is 2.93. The van der Waals surface area contributed by atoms with Crippen LogP contribution >= 0.6 is 15.9 Å². The SMILES string of the molecule is COc1ccc(Br)c(C(C=C(C)C)NN)c1. The van der Waals surface area contributed by atoms with E-state index in [1.54, 1.807) is 7.11 Å². The van der Waals surface area contributed by atoms with Crippen LogP contribution < -0.4 is 16.0 Å². The number of hydrogen-bond acceptors (Lipinski definition) is 3. The van der Waals surface area contributed by atoms with Crippen molar-refractivity contribution in [1.29, 1.82) is 0 Å². The van der Waals surface area contributed by atoms with Gasteiger partial charge in [0, 0.05) is 4.47 Å². The zero-order valence-electron chi connectivity index (χ0n) is 9.75. The van der Waals surface area contributed by atoms with Gasteiger partial charge in [-0.1, -0.05) is 27.6 Å². The Kier molecular flexibility index (Phi) is 4.99. The first-order valence-corrected chi connectivity index (χ1v) is 5.82. The number of methoxy groups -OCH3 is 1. The Morgan fingerprint density at radius 1 is 1.50 bits per heavy atom. The van der Waals surface area contributed by atoms with E-state index in [1.807, 2.05) is 32.0 Å². The minimum absolute atomic E-state index is 0.0190. The van der Waals surface area contributed by atoms with Gasteiger partial charge in [0.05, 0.1) is 13.2 Å². The van der Waals surface area contributed by atoms with Gasteiger partial charge in [-0.15, -0.1) is 0 Å². The van der Waals surface area contributed by atoms with E-state index in [9.17, 15) is 0 Å². The van der Waals surface area contributed by atoms with E-state index in [4.69, 9.17) is 10.6 Å². The molecular formula is C12H17BrN2O. The molecule has 0 aromatic heterocycles. The molecule has 1 atom stereocenters. The molecule has 0 saturated heterocycles. The normalized spacial score (nSPS) is 12.1. The number of hydrogen-bond donors (Lipinski definition) is 2. The summed E-state index contributed by atoms with van der Waals surface area (Å²) in [4.78, 5) is 0. The molecule has 16 heavy (non-hydrogen) atoms. The maximum atomic E-state index is 5.56. The van der Waals surface area contributed by atoms with E-state index >= 15 is 0 Å². The Balaban J connectivity index is 3.13. The highest BCUT2D eigenvalue weighted by molar-refractivity contribution is 9.10. The van der Waals surface area contributed by atoms with Crippen molar-refractivity contribution in [2.75, 3.05) is 7.11 Å². The zero-order chi connectivity index (χ0) is 12.1. The van der Waals surface area contributed by atoms with Gasteiger partial charge >= 0.3 is 0 Å². The lowest BCUT2D eigenvalue weighted by atomic mass is 10.0. The molecule has 1 unspecified atom stereocenters. The second-order valence-corrected chi connectivity index (χ2v) is 4.63.